The molecule has 0 radical (unpaired) electrons. The lowest BCUT2D eigenvalue weighted by molar-refractivity contribution is -0.117. The Labute approximate surface area is 137 Å². The first-order chi connectivity index (χ1) is 10.8. The van der Waals surface area contributed by atoms with Crippen LogP contribution in [0.4, 0.5) is 14.5 Å². The van der Waals surface area contributed by atoms with E-state index in [1.165, 1.54) is 22.9 Å². The first kappa shape index (κ1) is 17.2. The number of hydrogen-bond donors (Lipinski definition) is 1. The largest absolute Gasteiger partial charge is 0.435 e. The first-order valence-corrected chi connectivity index (χ1v) is 7.20. The molecule has 124 valence electrons. The average Bonchev–Trinajstić information content (AvgIpc) is 2.69. The molecule has 1 N–H and O–H groups in total. The number of alkyl halides is 2. The van der Waals surface area contributed by atoms with Gasteiger partial charge in [-0.05, 0) is 44.5 Å². The average molecular weight is 344 g/mol. The summed E-state index contributed by atoms with van der Waals surface area (Å²) in [5.41, 5.74) is 2.49. The minimum absolute atomic E-state index is 0.00805. The second-order valence-corrected chi connectivity index (χ2v) is 5.42. The molecule has 2 rings (SSSR count). The number of anilines is 1. The van der Waals surface area contributed by atoms with E-state index < -0.39 is 6.61 Å². The van der Waals surface area contributed by atoms with Gasteiger partial charge in [0.2, 0.25) is 5.91 Å². The van der Waals surface area contributed by atoms with Crippen molar-refractivity contribution in [2.75, 3.05) is 5.32 Å². The Morgan fingerprint density at radius 1 is 1.39 bits per heavy atom. The molecule has 0 atom stereocenters. The third kappa shape index (κ3) is 4.19. The molecular weight excluding hydrogens is 328 g/mol. The van der Waals surface area contributed by atoms with Gasteiger partial charge in [-0.15, -0.1) is 0 Å². The lowest BCUT2D eigenvalue weighted by Gasteiger charge is -2.11. The molecule has 0 bridgehead atoms. The van der Waals surface area contributed by atoms with Crippen molar-refractivity contribution in [3.05, 3.63) is 40.2 Å². The molecule has 5 nitrogen and oxygen atoms in total. The number of hydrogen-bond acceptors (Lipinski definition) is 3. The molecular formula is C15H16ClF2N3O2. The Morgan fingerprint density at radius 2 is 2.09 bits per heavy atom. The van der Waals surface area contributed by atoms with Crippen molar-refractivity contribution in [1.29, 1.82) is 0 Å². The summed E-state index contributed by atoms with van der Waals surface area (Å²) in [5.74, 6) is -0.251. The van der Waals surface area contributed by atoms with Crippen molar-refractivity contribution in [3.8, 4) is 5.75 Å². The van der Waals surface area contributed by atoms with Gasteiger partial charge in [0, 0.05) is 5.69 Å². The molecule has 0 aliphatic carbocycles. The second-order valence-electron chi connectivity index (χ2n) is 5.05. The van der Waals surface area contributed by atoms with Crippen LogP contribution in [-0.2, 0) is 11.3 Å². The van der Waals surface area contributed by atoms with Gasteiger partial charge in [0.25, 0.3) is 0 Å². The molecule has 1 aromatic heterocycles. The van der Waals surface area contributed by atoms with Gasteiger partial charge in [-0.2, -0.15) is 13.9 Å². The zero-order valence-electron chi connectivity index (χ0n) is 12.9. The molecule has 0 spiro atoms. The second kappa shape index (κ2) is 6.95. The van der Waals surface area contributed by atoms with Crippen LogP contribution in [0.5, 0.6) is 5.75 Å². The number of aromatic nitrogens is 2. The van der Waals surface area contributed by atoms with Crippen LogP contribution in [0, 0.1) is 20.8 Å². The normalized spacial score (nSPS) is 10.9. The molecule has 2 aromatic rings. The van der Waals surface area contributed by atoms with E-state index in [2.05, 4.69) is 15.2 Å². The number of rotatable bonds is 5. The van der Waals surface area contributed by atoms with Crippen molar-refractivity contribution >= 4 is 23.2 Å². The van der Waals surface area contributed by atoms with E-state index in [1.807, 2.05) is 0 Å². The Morgan fingerprint density at radius 3 is 2.61 bits per heavy atom. The Balaban J connectivity index is 2.06. The third-order valence-electron chi connectivity index (χ3n) is 3.28. The summed E-state index contributed by atoms with van der Waals surface area (Å²) in [7, 11) is 0. The number of nitrogens with zero attached hydrogens (tertiary/aromatic N) is 2. The fraction of sp³-hybridized carbons (Fsp3) is 0.333. The Bertz CT molecular complexity index is 732. The lowest BCUT2D eigenvalue weighted by Crippen LogP contribution is -2.20. The van der Waals surface area contributed by atoms with E-state index in [0.29, 0.717) is 27.7 Å². The zero-order valence-corrected chi connectivity index (χ0v) is 13.6. The number of aryl methyl sites for hydroxylation is 2. The zero-order chi connectivity index (χ0) is 17.1. The summed E-state index contributed by atoms with van der Waals surface area (Å²) < 4.78 is 30.1. The smallest absolute Gasteiger partial charge is 0.387 e. The number of carbonyl (C=O) groups is 1. The van der Waals surface area contributed by atoms with Crippen LogP contribution in [0.1, 0.15) is 17.0 Å². The van der Waals surface area contributed by atoms with Crippen LogP contribution in [-0.4, -0.2) is 22.3 Å². The van der Waals surface area contributed by atoms with Gasteiger partial charge in [-0.3, -0.25) is 9.48 Å². The minimum atomic E-state index is -2.88. The summed E-state index contributed by atoms with van der Waals surface area (Å²) in [6, 6.07) is 4.32. The number of nitrogens with one attached hydrogen (secondary N) is 1. The predicted molar refractivity (Wildman–Crippen MR) is 83.2 cm³/mol. The maximum atomic E-state index is 12.2. The van der Waals surface area contributed by atoms with Crippen LogP contribution in [0.15, 0.2) is 18.2 Å². The molecule has 1 heterocycles. The quantitative estimate of drug-likeness (QED) is 0.900. The molecule has 0 aliphatic heterocycles. The standard InChI is InChI=1S/C15H16ClF2N3O2/c1-8-6-11(23-15(17)18)4-5-12(8)19-13(22)7-21-10(3)14(16)9(2)20-21/h4-6,15H,7H2,1-3H3,(H,19,22). The fourth-order valence-corrected chi connectivity index (χ4v) is 2.24. The van der Waals surface area contributed by atoms with Crippen LogP contribution >= 0.6 is 11.6 Å². The predicted octanol–water partition coefficient (Wildman–Crippen LogP) is 3.70. The molecule has 0 unspecified atom stereocenters. The van der Waals surface area contributed by atoms with Gasteiger partial charge < -0.3 is 10.1 Å². The highest BCUT2D eigenvalue weighted by Gasteiger charge is 2.13. The Hall–Kier alpha value is -2.15. The number of carbonyl (C=O) groups excluding carboxylic acids is 1. The van der Waals surface area contributed by atoms with E-state index in [4.69, 9.17) is 11.6 Å². The summed E-state index contributed by atoms with van der Waals surface area (Å²) in [6.07, 6.45) is 0. The Kier molecular flexibility index (Phi) is 5.20. The summed E-state index contributed by atoms with van der Waals surface area (Å²) in [5, 5.41) is 7.42. The number of ether oxygens (including phenoxy) is 1. The van der Waals surface area contributed by atoms with Crippen LogP contribution in [0.25, 0.3) is 0 Å². The molecule has 8 heteroatoms. The van der Waals surface area contributed by atoms with Crippen molar-refractivity contribution < 1.29 is 18.3 Å². The van der Waals surface area contributed by atoms with Crippen molar-refractivity contribution in [2.45, 2.75) is 33.9 Å². The summed E-state index contributed by atoms with van der Waals surface area (Å²) in [6.45, 7) is 2.35. The SMILES string of the molecule is Cc1cc(OC(F)F)ccc1NC(=O)Cn1nc(C)c(Cl)c1C. The molecule has 0 saturated heterocycles. The molecule has 23 heavy (non-hydrogen) atoms. The van der Waals surface area contributed by atoms with Crippen LogP contribution in [0.2, 0.25) is 5.02 Å². The van der Waals surface area contributed by atoms with Crippen LogP contribution < -0.4 is 10.1 Å². The fourth-order valence-electron chi connectivity index (χ4n) is 2.11. The van der Waals surface area contributed by atoms with E-state index in [-0.39, 0.29) is 18.2 Å². The molecule has 1 amide bonds. The van der Waals surface area contributed by atoms with Gasteiger partial charge in [-0.1, -0.05) is 11.6 Å². The topological polar surface area (TPSA) is 56.1 Å². The van der Waals surface area contributed by atoms with Gasteiger partial charge >= 0.3 is 6.61 Å². The summed E-state index contributed by atoms with van der Waals surface area (Å²) >= 11 is 6.04. The molecule has 0 aliphatic rings. The number of benzene rings is 1. The highest BCUT2D eigenvalue weighted by Crippen LogP contribution is 2.23. The van der Waals surface area contributed by atoms with Gasteiger partial charge in [-0.25, -0.2) is 0 Å². The van der Waals surface area contributed by atoms with E-state index in [1.54, 1.807) is 20.8 Å². The lowest BCUT2D eigenvalue weighted by atomic mass is 10.2. The number of halogens is 3. The van der Waals surface area contributed by atoms with E-state index in [0.717, 1.165) is 0 Å². The molecule has 0 fully saturated rings. The van der Waals surface area contributed by atoms with E-state index >= 15 is 0 Å². The first-order valence-electron chi connectivity index (χ1n) is 6.82. The van der Waals surface area contributed by atoms with Gasteiger partial charge in [0.05, 0.1) is 16.4 Å². The third-order valence-corrected chi connectivity index (χ3v) is 3.83. The summed E-state index contributed by atoms with van der Waals surface area (Å²) in [4.78, 5) is 12.1. The maximum Gasteiger partial charge on any atom is 0.387 e. The highest BCUT2D eigenvalue weighted by atomic mass is 35.5. The van der Waals surface area contributed by atoms with Crippen molar-refractivity contribution in [1.82, 2.24) is 9.78 Å². The maximum absolute atomic E-state index is 12.2. The minimum Gasteiger partial charge on any atom is -0.435 e. The van der Waals surface area contributed by atoms with Crippen LogP contribution in [0.3, 0.4) is 0 Å². The number of amides is 1. The van der Waals surface area contributed by atoms with Crippen molar-refractivity contribution in [2.24, 2.45) is 0 Å². The van der Waals surface area contributed by atoms with E-state index in [9.17, 15) is 13.6 Å². The highest BCUT2D eigenvalue weighted by molar-refractivity contribution is 6.31. The van der Waals surface area contributed by atoms with Gasteiger partial charge in [0.15, 0.2) is 0 Å². The van der Waals surface area contributed by atoms with Gasteiger partial charge in [0.1, 0.15) is 12.3 Å². The molecule has 0 saturated carbocycles. The monoisotopic (exact) mass is 343 g/mol. The molecule has 1 aromatic carbocycles. The van der Waals surface area contributed by atoms with Crippen molar-refractivity contribution in [3.63, 3.8) is 0 Å².